The lowest BCUT2D eigenvalue weighted by Crippen LogP contribution is -2.38. The van der Waals surface area contributed by atoms with Crippen LogP contribution in [0.3, 0.4) is 0 Å². The molecule has 0 aromatic heterocycles. The zero-order chi connectivity index (χ0) is 13.7. The van der Waals surface area contributed by atoms with Crippen molar-refractivity contribution in [3.8, 4) is 5.75 Å². The Morgan fingerprint density at radius 1 is 1.26 bits per heavy atom. The van der Waals surface area contributed by atoms with Gasteiger partial charge in [0.15, 0.2) is 12.4 Å². The fraction of sp³-hybridized carbons (Fsp3) is 0.462. The summed E-state index contributed by atoms with van der Waals surface area (Å²) in [6.07, 6.45) is 3.17. The third-order valence-electron chi connectivity index (χ3n) is 3.12. The van der Waals surface area contributed by atoms with E-state index in [0.717, 1.165) is 32.4 Å². The van der Waals surface area contributed by atoms with Crippen LogP contribution in [0.15, 0.2) is 24.3 Å². The number of nitro benzene ring substituents is 1. The lowest BCUT2D eigenvalue weighted by atomic mass is 10.1. The van der Waals surface area contributed by atoms with Crippen molar-refractivity contribution >= 4 is 11.6 Å². The number of amides is 1. The average molecular weight is 264 g/mol. The van der Waals surface area contributed by atoms with E-state index in [2.05, 4.69) is 0 Å². The molecule has 1 fully saturated rings. The Labute approximate surface area is 111 Å². The predicted molar refractivity (Wildman–Crippen MR) is 69.0 cm³/mol. The first-order valence-corrected chi connectivity index (χ1v) is 6.32. The van der Waals surface area contributed by atoms with Crippen molar-refractivity contribution in [3.63, 3.8) is 0 Å². The van der Waals surface area contributed by atoms with Crippen LogP contribution in [0, 0.1) is 10.1 Å². The summed E-state index contributed by atoms with van der Waals surface area (Å²) in [4.78, 5) is 23.9. The molecule has 0 saturated carbocycles. The Bertz CT molecular complexity index is 469. The largest absolute Gasteiger partial charge is 0.477 e. The minimum atomic E-state index is -0.513. The van der Waals surface area contributed by atoms with Crippen molar-refractivity contribution in [1.82, 2.24) is 4.90 Å². The van der Waals surface area contributed by atoms with E-state index >= 15 is 0 Å². The van der Waals surface area contributed by atoms with Crippen molar-refractivity contribution < 1.29 is 14.5 Å². The van der Waals surface area contributed by atoms with E-state index in [1.54, 1.807) is 17.0 Å². The van der Waals surface area contributed by atoms with Gasteiger partial charge in [0.05, 0.1) is 4.92 Å². The molecule has 6 heteroatoms. The standard InChI is InChI=1S/C13H16N2O4/c16-13(14-8-4-1-5-9-14)10-19-12-7-3-2-6-11(12)15(17)18/h2-3,6-7H,1,4-5,8-10H2. The van der Waals surface area contributed by atoms with E-state index in [9.17, 15) is 14.9 Å². The molecule has 0 N–H and O–H groups in total. The second-order valence-electron chi connectivity index (χ2n) is 4.45. The molecule has 0 radical (unpaired) electrons. The minimum Gasteiger partial charge on any atom is -0.477 e. The summed E-state index contributed by atoms with van der Waals surface area (Å²) in [5.41, 5.74) is -0.117. The fourth-order valence-electron chi connectivity index (χ4n) is 2.10. The topological polar surface area (TPSA) is 72.7 Å². The Balaban J connectivity index is 1.94. The van der Waals surface area contributed by atoms with E-state index in [-0.39, 0.29) is 24.0 Å². The van der Waals surface area contributed by atoms with Gasteiger partial charge in [0.2, 0.25) is 0 Å². The molecule has 19 heavy (non-hydrogen) atoms. The van der Waals surface area contributed by atoms with Gasteiger partial charge < -0.3 is 9.64 Å². The van der Waals surface area contributed by atoms with E-state index < -0.39 is 4.92 Å². The molecule has 2 rings (SSSR count). The maximum absolute atomic E-state index is 11.9. The second-order valence-corrected chi connectivity index (χ2v) is 4.45. The van der Waals surface area contributed by atoms with Gasteiger partial charge in [-0.25, -0.2) is 0 Å². The zero-order valence-corrected chi connectivity index (χ0v) is 10.6. The van der Waals surface area contributed by atoms with Gasteiger partial charge in [0.1, 0.15) is 0 Å². The second kappa shape index (κ2) is 6.17. The maximum atomic E-state index is 11.9. The lowest BCUT2D eigenvalue weighted by molar-refractivity contribution is -0.385. The van der Waals surface area contributed by atoms with Crippen LogP contribution in [0.2, 0.25) is 0 Å². The Kier molecular flexibility index (Phi) is 4.33. The number of hydrogen-bond donors (Lipinski definition) is 0. The maximum Gasteiger partial charge on any atom is 0.310 e. The number of para-hydroxylation sites is 2. The number of piperidine rings is 1. The summed E-state index contributed by atoms with van der Waals surface area (Å²) >= 11 is 0. The number of ether oxygens (including phenoxy) is 1. The molecule has 1 aromatic carbocycles. The first-order chi connectivity index (χ1) is 9.18. The van der Waals surface area contributed by atoms with Gasteiger partial charge in [-0.1, -0.05) is 12.1 Å². The monoisotopic (exact) mass is 264 g/mol. The first-order valence-electron chi connectivity index (χ1n) is 6.32. The Hall–Kier alpha value is -2.11. The average Bonchev–Trinajstić information content (AvgIpc) is 2.46. The molecule has 1 amide bonds. The van der Waals surface area contributed by atoms with Gasteiger partial charge in [0, 0.05) is 19.2 Å². The van der Waals surface area contributed by atoms with Crippen LogP contribution in [-0.2, 0) is 4.79 Å². The molecule has 1 aliphatic rings. The summed E-state index contributed by atoms with van der Waals surface area (Å²) in [6, 6.07) is 6.08. The molecule has 0 aliphatic carbocycles. The highest BCUT2D eigenvalue weighted by Crippen LogP contribution is 2.25. The van der Waals surface area contributed by atoms with Gasteiger partial charge in [-0.05, 0) is 25.3 Å². The highest BCUT2D eigenvalue weighted by molar-refractivity contribution is 5.78. The van der Waals surface area contributed by atoms with Crippen LogP contribution >= 0.6 is 0 Å². The summed E-state index contributed by atoms with van der Waals surface area (Å²) in [7, 11) is 0. The van der Waals surface area contributed by atoms with E-state index in [4.69, 9.17) is 4.74 Å². The van der Waals surface area contributed by atoms with Crippen LogP contribution in [0.25, 0.3) is 0 Å². The van der Waals surface area contributed by atoms with Crippen molar-refractivity contribution in [2.75, 3.05) is 19.7 Å². The third kappa shape index (κ3) is 3.43. The van der Waals surface area contributed by atoms with Gasteiger partial charge in [0.25, 0.3) is 5.91 Å². The molecular weight excluding hydrogens is 248 g/mol. The van der Waals surface area contributed by atoms with Crippen LogP contribution in [0.5, 0.6) is 5.75 Å². The highest BCUT2D eigenvalue weighted by atomic mass is 16.6. The fourth-order valence-corrected chi connectivity index (χ4v) is 2.10. The number of likely N-dealkylation sites (tertiary alicyclic amines) is 1. The van der Waals surface area contributed by atoms with E-state index in [0.29, 0.717) is 0 Å². The van der Waals surface area contributed by atoms with Gasteiger partial charge in [-0.15, -0.1) is 0 Å². The molecule has 0 atom stereocenters. The smallest absolute Gasteiger partial charge is 0.310 e. The molecule has 0 unspecified atom stereocenters. The van der Waals surface area contributed by atoms with E-state index in [1.165, 1.54) is 12.1 Å². The van der Waals surface area contributed by atoms with Crippen LogP contribution in [0.1, 0.15) is 19.3 Å². The number of rotatable bonds is 4. The van der Waals surface area contributed by atoms with Gasteiger partial charge in [-0.3, -0.25) is 14.9 Å². The quantitative estimate of drug-likeness (QED) is 0.615. The summed E-state index contributed by atoms with van der Waals surface area (Å²) < 4.78 is 5.28. The summed E-state index contributed by atoms with van der Waals surface area (Å²) in [6.45, 7) is 1.35. The van der Waals surface area contributed by atoms with Crippen molar-refractivity contribution in [2.24, 2.45) is 0 Å². The summed E-state index contributed by atoms with van der Waals surface area (Å²) in [5.74, 6) is 0.0238. The normalized spacial score (nSPS) is 15.1. The molecular formula is C13H16N2O4. The number of hydrogen-bond acceptors (Lipinski definition) is 4. The van der Waals surface area contributed by atoms with Crippen molar-refractivity contribution in [2.45, 2.75) is 19.3 Å². The number of benzene rings is 1. The van der Waals surface area contributed by atoms with Crippen LogP contribution in [0.4, 0.5) is 5.69 Å². The molecule has 1 aliphatic heterocycles. The highest BCUT2D eigenvalue weighted by Gasteiger charge is 2.19. The van der Waals surface area contributed by atoms with Crippen LogP contribution in [-0.4, -0.2) is 35.4 Å². The third-order valence-corrected chi connectivity index (χ3v) is 3.12. The van der Waals surface area contributed by atoms with Gasteiger partial charge >= 0.3 is 5.69 Å². The molecule has 6 nitrogen and oxygen atoms in total. The number of carbonyl (C=O) groups excluding carboxylic acids is 1. The first kappa shape index (κ1) is 13.3. The van der Waals surface area contributed by atoms with E-state index in [1.807, 2.05) is 0 Å². The van der Waals surface area contributed by atoms with Crippen LogP contribution < -0.4 is 4.74 Å². The Morgan fingerprint density at radius 2 is 1.95 bits per heavy atom. The molecule has 1 aromatic rings. The number of nitro groups is 1. The molecule has 0 spiro atoms. The predicted octanol–water partition coefficient (Wildman–Crippen LogP) is 1.99. The van der Waals surface area contributed by atoms with Crippen molar-refractivity contribution in [3.05, 3.63) is 34.4 Å². The molecule has 0 bridgehead atoms. The van der Waals surface area contributed by atoms with Crippen molar-refractivity contribution in [1.29, 1.82) is 0 Å². The molecule has 1 heterocycles. The molecule has 102 valence electrons. The minimum absolute atomic E-state index is 0.113. The molecule has 1 saturated heterocycles. The SMILES string of the molecule is O=C(COc1ccccc1[N+](=O)[O-])N1CCCCC1. The lowest BCUT2D eigenvalue weighted by Gasteiger charge is -2.26. The Morgan fingerprint density at radius 3 is 2.63 bits per heavy atom. The van der Waals surface area contributed by atoms with Gasteiger partial charge in [-0.2, -0.15) is 0 Å². The zero-order valence-electron chi connectivity index (χ0n) is 10.6. The number of carbonyl (C=O) groups is 1. The summed E-state index contributed by atoms with van der Waals surface area (Å²) in [5, 5.41) is 10.8. The number of nitrogens with zero attached hydrogens (tertiary/aromatic N) is 2.